The standard InChI is InChI=1S/C14H16N2/c1-2-6-14-13(5-1)11(7-9-16-14)10-12-4-3-8-15-12/h1-2,5-7,9,12,15H,3-4,8,10H2. The van der Waals surface area contributed by atoms with Crippen LogP contribution in [0, 0.1) is 0 Å². The Hall–Kier alpha value is -1.41. The molecule has 16 heavy (non-hydrogen) atoms. The van der Waals surface area contributed by atoms with E-state index in [1.165, 1.54) is 30.3 Å². The van der Waals surface area contributed by atoms with Gasteiger partial charge in [-0.15, -0.1) is 0 Å². The molecule has 0 bridgehead atoms. The lowest BCUT2D eigenvalue weighted by atomic mass is 10.0. The van der Waals surface area contributed by atoms with E-state index in [1.54, 1.807) is 0 Å². The van der Waals surface area contributed by atoms with Crippen molar-refractivity contribution in [2.45, 2.75) is 25.3 Å². The van der Waals surface area contributed by atoms with Crippen LogP contribution in [0.1, 0.15) is 18.4 Å². The van der Waals surface area contributed by atoms with Crippen LogP contribution in [-0.4, -0.2) is 17.6 Å². The Morgan fingerprint density at radius 3 is 3.06 bits per heavy atom. The zero-order chi connectivity index (χ0) is 10.8. The fourth-order valence-electron chi connectivity index (χ4n) is 2.53. The molecule has 1 aromatic heterocycles. The highest BCUT2D eigenvalue weighted by Gasteiger charge is 2.15. The van der Waals surface area contributed by atoms with Crippen molar-refractivity contribution in [1.29, 1.82) is 0 Å². The van der Waals surface area contributed by atoms with Gasteiger partial charge in [-0.05, 0) is 43.5 Å². The van der Waals surface area contributed by atoms with Crippen molar-refractivity contribution in [3.63, 3.8) is 0 Å². The highest BCUT2D eigenvalue weighted by Crippen LogP contribution is 2.19. The summed E-state index contributed by atoms with van der Waals surface area (Å²) in [5, 5.41) is 4.85. The predicted molar refractivity (Wildman–Crippen MR) is 66.5 cm³/mol. The van der Waals surface area contributed by atoms with Crippen LogP contribution >= 0.6 is 0 Å². The Bertz CT molecular complexity index is 482. The molecule has 1 aliphatic rings. The van der Waals surface area contributed by atoms with Gasteiger partial charge in [0.05, 0.1) is 5.52 Å². The van der Waals surface area contributed by atoms with Gasteiger partial charge in [-0.1, -0.05) is 18.2 Å². The lowest BCUT2D eigenvalue weighted by Crippen LogP contribution is -2.23. The van der Waals surface area contributed by atoms with Gasteiger partial charge in [0.25, 0.3) is 0 Å². The highest BCUT2D eigenvalue weighted by atomic mass is 14.9. The molecular formula is C14H16N2. The van der Waals surface area contributed by atoms with E-state index in [9.17, 15) is 0 Å². The van der Waals surface area contributed by atoms with Crippen LogP contribution < -0.4 is 5.32 Å². The minimum Gasteiger partial charge on any atom is -0.314 e. The molecule has 1 aliphatic heterocycles. The molecule has 2 heterocycles. The summed E-state index contributed by atoms with van der Waals surface area (Å²) in [5.41, 5.74) is 2.53. The van der Waals surface area contributed by atoms with Crippen LogP contribution in [0.15, 0.2) is 36.5 Å². The van der Waals surface area contributed by atoms with Crippen LogP contribution in [0.3, 0.4) is 0 Å². The monoisotopic (exact) mass is 212 g/mol. The number of nitrogens with zero attached hydrogens (tertiary/aromatic N) is 1. The molecule has 0 saturated carbocycles. The highest BCUT2D eigenvalue weighted by molar-refractivity contribution is 5.81. The van der Waals surface area contributed by atoms with Crippen molar-refractivity contribution >= 4 is 10.9 Å². The number of pyridine rings is 1. The minimum absolute atomic E-state index is 0.658. The van der Waals surface area contributed by atoms with Gasteiger partial charge < -0.3 is 5.32 Å². The average molecular weight is 212 g/mol. The largest absolute Gasteiger partial charge is 0.314 e. The fraction of sp³-hybridized carbons (Fsp3) is 0.357. The van der Waals surface area contributed by atoms with Crippen LogP contribution in [-0.2, 0) is 6.42 Å². The molecule has 2 nitrogen and oxygen atoms in total. The molecule has 2 heteroatoms. The first-order valence-electron chi connectivity index (χ1n) is 5.99. The summed E-state index contributed by atoms with van der Waals surface area (Å²) < 4.78 is 0. The van der Waals surface area contributed by atoms with Gasteiger partial charge in [0.1, 0.15) is 0 Å². The summed E-state index contributed by atoms with van der Waals surface area (Å²) in [6.45, 7) is 1.17. The molecule has 1 saturated heterocycles. The predicted octanol–water partition coefficient (Wildman–Crippen LogP) is 2.53. The van der Waals surface area contributed by atoms with E-state index in [-0.39, 0.29) is 0 Å². The Labute approximate surface area is 95.7 Å². The quantitative estimate of drug-likeness (QED) is 0.827. The van der Waals surface area contributed by atoms with Crippen molar-refractivity contribution in [1.82, 2.24) is 10.3 Å². The third-order valence-electron chi connectivity index (χ3n) is 3.37. The van der Waals surface area contributed by atoms with Gasteiger partial charge in [-0.2, -0.15) is 0 Å². The molecule has 1 atom stereocenters. The van der Waals surface area contributed by atoms with E-state index in [0.29, 0.717) is 6.04 Å². The molecule has 0 spiro atoms. The maximum Gasteiger partial charge on any atom is 0.0704 e. The van der Waals surface area contributed by atoms with Gasteiger partial charge in [-0.25, -0.2) is 0 Å². The maximum atomic E-state index is 4.40. The SMILES string of the molecule is c1ccc2c(CC3CCCN3)ccnc2c1. The van der Waals surface area contributed by atoms with E-state index < -0.39 is 0 Å². The molecular weight excluding hydrogens is 196 g/mol. The van der Waals surface area contributed by atoms with Crippen molar-refractivity contribution in [2.24, 2.45) is 0 Å². The second-order valence-corrected chi connectivity index (χ2v) is 4.48. The summed E-state index contributed by atoms with van der Waals surface area (Å²) in [4.78, 5) is 4.40. The maximum absolute atomic E-state index is 4.40. The molecule has 1 N–H and O–H groups in total. The average Bonchev–Trinajstić information content (AvgIpc) is 2.82. The van der Waals surface area contributed by atoms with E-state index in [4.69, 9.17) is 0 Å². The van der Waals surface area contributed by atoms with E-state index in [1.807, 2.05) is 12.3 Å². The van der Waals surface area contributed by atoms with Crippen molar-refractivity contribution in [3.8, 4) is 0 Å². The molecule has 3 rings (SSSR count). The first-order chi connectivity index (χ1) is 7.93. The number of aromatic nitrogens is 1. The Morgan fingerprint density at radius 1 is 1.25 bits per heavy atom. The molecule has 1 fully saturated rings. The summed E-state index contributed by atoms with van der Waals surface area (Å²) in [5.74, 6) is 0. The van der Waals surface area contributed by atoms with Crippen molar-refractivity contribution < 1.29 is 0 Å². The van der Waals surface area contributed by atoms with Gasteiger partial charge in [0.15, 0.2) is 0 Å². The normalized spacial score (nSPS) is 20.4. The molecule has 1 aromatic carbocycles. The zero-order valence-corrected chi connectivity index (χ0v) is 9.32. The third kappa shape index (κ3) is 1.81. The summed E-state index contributed by atoms with van der Waals surface area (Å²) in [6, 6.07) is 11.2. The lowest BCUT2D eigenvalue weighted by Gasteiger charge is -2.11. The second-order valence-electron chi connectivity index (χ2n) is 4.48. The molecule has 0 amide bonds. The van der Waals surface area contributed by atoms with Crippen molar-refractivity contribution in [3.05, 3.63) is 42.1 Å². The molecule has 1 unspecified atom stereocenters. The van der Waals surface area contributed by atoms with Crippen LogP contribution in [0.2, 0.25) is 0 Å². The third-order valence-corrected chi connectivity index (χ3v) is 3.37. The minimum atomic E-state index is 0.658. The van der Waals surface area contributed by atoms with Crippen LogP contribution in [0.25, 0.3) is 10.9 Å². The number of benzene rings is 1. The second kappa shape index (κ2) is 4.22. The number of fused-ring (bicyclic) bond motifs is 1. The Morgan fingerprint density at radius 2 is 2.19 bits per heavy atom. The summed E-state index contributed by atoms with van der Waals surface area (Å²) in [6.07, 6.45) is 5.67. The van der Waals surface area contributed by atoms with Gasteiger partial charge in [-0.3, -0.25) is 4.98 Å². The number of hydrogen-bond donors (Lipinski definition) is 1. The van der Waals surface area contributed by atoms with E-state index >= 15 is 0 Å². The molecule has 82 valence electrons. The van der Waals surface area contributed by atoms with Gasteiger partial charge >= 0.3 is 0 Å². The molecule has 0 aliphatic carbocycles. The first-order valence-corrected chi connectivity index (χ1v) is 5.99. The molecule has 2 aromatic rings. The Kier molecular flexibility index (Phi) is 2.58. The zero-order valence-electron chi connectivity index (χ0n) is 9.32. The van der Waals surface area contributed by atoms with Crippen LogP contribution in [0.5, 0.6) is 0 Å². The van der Waals surface area contributed by atoms with Gasteiger partial charge in [0.2, 0.25) is 0 Å². The number of para-hydroxylation sites is 1. The van der Waals surface area contributed by atoms with Gasteiger partial charge in [0, 0.05) is 17.6 Å². The first kappa shape index (κ1) is 9.79. The summed E-state index contributed by atoms with van der Waals surface area (Å²) in [7, 11) is 0. The number of rotatable bonds is 2. The lowest BCUT2D eigenvalue weighted by molar-refractivity contribution is 0.605. The van der Waals surface area contributed by atoms with Crippen LogP contribution in [0.4, 0.5) is 0 Å². The molecule has 0 radical (unpaired) electrons. The van der Waals surface area contributed by atoms with Crippen molar-refractivity contribution in [2.75, 3.05) is 6.54 Å². The van der Waals surface area contributed by atoms with E-state index in [0.717, 1.165) is 11.9 Å². The fourth-order valence-corrected chi connectivity index (χ4v) is 2.53. The topological polar surface area (TPSA) is 24.9 Å². The van der Waals surface area contributed by atoms with E-state index in [2.05, 4.69) is 34.6 Å². The Balaban J connectivity index is 1.96. The smallest absolute Gasteiger partial charge is 0.0704 e. The number of hydrogen-bond acceptors (Lipinski definition) is 2. The summed E-state index contributed by atoms with van der Waals surface area (Å²) >= 11 is 0. The number of nitrogens with one attached hydrogen (secondary N) is 1.